The van der Waals surface area contributed by atoms with Crippen molar-refractivity contribution in [2.45, 2.75) is 24.6 Å². The number of benzene rings is 1. The zero-order valence-electron chi connectivity index (χ0n) is 16.5. The molecule has 1 aliphatic rings. The SMILES string of the molecule is COc1ccc(OCc2nnc(SCC(=O)N3CCC(C(N)=O)CC3)n2C)cc1. The molecule has 0 atom stereocenters. The van der Waals surface area contributed by atoms with Gasteiger partial charge < -0.3 is 24.7 Å². The average Bonchev–Trinajstić information content (AvgIpc) is 3.10. The van der Waals surface area contributed by atoms with Crippen LogP contribution in [-0.4, -0.2) is 57.4 Å². The first-order chi connectivity index (χ1) is 14.0. The minimum Gasteiger partial charge on any atom is -0.497 e. The molecule has 1 saturated heterocycles. The standard InChI is InChI=1S/C19H25N5O4S/c1-23-16(11-28-15-5-3-14(27-2)4-6-15)21-22-19(23)29-12-17(25)24-9-7-13(8-10-24)18(20)26/h3-6,13H,7-12H2,1-2H3,(H2,20,26). The highest BCUT2D eigenvalue weighted by molar-refractivity contribution is 7.99. The average molecular weight is 420 g/mol. The van der Waals surface area contributed by atoms with Crippen LogP contribution in [0.5, 0.6) is 11.5 Å². The Morgan fingerprint density at radius 1 is 1.17 bits per heavy atom. The number of carbonyl (C=O) groups excluding carboxylic acids is 2. The molecule has 156 valence electrons. The van der Waals surface area contributed by atoms with Gasteiger partial charge in [0.15, 0.2) is 11.0 Å². The zero-order valence-corrected chi connectivity index (χ0v) is 17.4. The molecule has 0 unspecified atom stereocenters. The number of nitrogens with zero attached hydrogens (tertiary/aromatic N) is 4. The van der Waals surface area contributed by atoms with E-state index < -0.39 is 0 Å². The molecule has 0 bridgehead atoms. The van der Waals surface area contributed by atoms with Gasteiger partial charge >= 0.3 is 0 Å². The maximum atomic E-state index is 12.4. The van der Waals surface area contributed by atoms with Crippen molar-refractivity contribution in [3.05, 3.63) is 30.1 Å². The quantitative estimate of drug-likeness (QED) is 0.640. The number of likely N-dealkylation sites (tertiary alicyclic amines) is 1. The Balaban J connectivity index is 1.47. The number of ether oxygens (including phenoxy) is 2. The highest BCUT2D eigenvalue weighted by Gasteiger charge is 2.26. The van der Waals surface area contributed by atoms with Crippen LogP contribution in [0.2, 0.25) is 0 Å². The van der Waals surface area contributed by atoms with Crippen LogP contribution in [0.3, 0.4) is 0 Å². The summed E-state index contributed by atoms with van der Waals surface area (Å²) in [5.74, 6) is 2.02. The zero-order chi connectivity index (χ0) is 20.8. The fraction of sp³-hybridized carbons (Fsp3) is 0.474. The number of thioether (sulfide) groups is 1. The number of primary amides is 1. The molecule has 2 aromatic rings. The van der Waals surface area contributed by atoms with Crippen molar-refractivity contribution in [3.63, 3.8) is 0 Å². The first-order valence-electron chi connectivity index (χ1n) is 9.33. The molecule has 10 heteroatoms. The van der Waals surface area contributed by atoms with Gasteiger partial charge in [-0.1, -0.05) is 11.8 Å². The number of nitrogens with two attached hydrogens (primary N) is 1. The number of carbonyl (C=O) groups is 2. The van der Waals surface area contributed by atoms with Gasteiger partial charge in [0.25, 0.3) is 0 Å². The van der Waals surface area contributed by atoms with E-state index in [2.05, 4.69) is 10.2 Å². The number of piperidine rings is 1. The molecular formula is C19H25N5O4S. The third-order valence-corrected chi connectivity index (χ3v) is 5.93. The molecule has 1 aliphatic heterocycles. The molecule has 2 amide bonds. The van der Waals surface area contributed by atoms with E-state index in [0.29, 0.717) is 42.7 Å². The largest absolute Gasteiger partial charge is 0.497 e. The number of aromatic nitrogens is 3. The molecule has 0 saturated carbocycles. The second kappa shape index (κ2) is 9.64. The van der Waals surface area contributed by atoms with Gasteiger partial charge in [0, 0.05) is 26.1 Å². The Labute approximate surface area is 173 Å². The van der Waals surface area contributed by atoms with Crippen molar-refractivity contribution in [1.82, 2.24) is 19.7 Å². The Morgan fingerprint density at radius 3 is 2.45 bits per heavy atom. The Kier molecular flexibility index (Phi) is 6.97. The first-order valence-corrected chi connectivity index (χ1v) is 10.3. The summed E-state index contributed by atoms with van der Waals surface area (Å²) in [6.45, 7) is 1.39. The molecule has 29 heavy (non-hydrogen) atoms. The lowest BCUT2D eigenvalue weighted by Crippen LogP contribution is -2.42. The second-order valence-electron chi connectivity index (χ2n) is 6.77. The third kappa shape index (κ3) is 5.41. The summed E-state index contributed by atoms with van der Waals surface area (Å²) in [7, 11) is 3.46. The monoisotopic (exact) mass is 419 g/mol. The van der Waals surface area contributed by atoms with Crippen LogP contribution in [0.1, 0.15) is 18.7 Å². The van der Waals surface area contributed by atoms with E-state index in [4.69, 9.17) is 15.2 Å². The number of hydrogen-bond donors (Lipinski definition) is 1. The maximum absolute atomic E-state index is 12.4. The van der Waals surface area contributed by atoms with Gasteiger partial charge in [0.2, 0.25) is 11.8 Å². The smallest absolute Gasteiger partial charge is 0.233 e. The summed E-state index contributed by atoms with van der Waals surface area (Å²) >= 11 is 1.34. The minimum atomic E-state index is -0.282. The number of amides is 2. The number of methoxy groups -OCH3 is 1. The lowest BCUT2D eigenvalue weighted by molar-refractivity contribution is -0.132. The van der Waals surface area contributed by atoms with Crippen molar-refractivity contribution >= 4 is 23.6 Å². The molecule has 9 nitrogen and oxygen atoms in total. The van der Waals surface area contributed by atoms with Crippen LogP contribution >= 0.6 is 11.8 Å². The van der Waals surface area contributed by atoms with Gasteiger partial charge in [0.1, 0.15) is 18.1 Å². The molecule has 1 fully saturated rings. The van der Waals surface area contributed by atoms with Gasteiger partial charge in [-0.2, -0.15) is 0 Å². The van der Waals surface area contributed by atoms with Crippen molar-refractivity contribution in [2.75, 3.05) is 26.0 Å². The summed E-state index contributed by atoms with van der Waals surface area (Å²) in [4.78, 5) is 25.4. The fourth-order valence-corrected chi connectivity index (χ4v) is 3.88. The Hall–Kier alpha value is -2.75. The molecule has 2 N–H and O–H groups in total. The summed E-state index contributed by atoms with van der Waals surface area (Å²) in [5, 5.41) is 8.95. The second-order valence-corrected chi connectivity index (χ2v) is 7.71. The highest BCUT2D eigenvalue weighted by Crippen LogP contribution is 2.21. The van der Waals surface area contributed by atoms with E-state index in [1.54, 1.807) is 12.0 Å². The van der Waals surface area contributed by atoms with Gasteiger partial charge in [-0.15, -0.1) is 10.2 Å². The predicted molar refractivity (Wildman–Crippen MR) is 108 cm³/mol. The summed E-state index contributed by atoms with van der Waals surface area (Å²) in [5.41, 5.74) is 5.34. The van der Waals surface area contributed by atoms with Crippen LogP contribution < -0.4 is 15.2 Å². The summed E-state index contributed by atoms with van der Waals surface area (Å²) < 4.78 is 12.7. The third-order valence-electron chi connectivity index (χ3n) is 4.93. The Morgan fingerprint density at radius 2 is 1.83 bits per heavy atom. The predicted octanol–water partition coefficient (Wildman–Crippen LogP) is 1.22. The molecule has 2 heterocycles. The highest BCUT2D eigenvalue weighted by atomic mass is 32.2. The first kappa shape index (κ1) is 21.0. The van der Waals surface area contributed by atoms with E-state index in [9.17, 15) is 9.59 Å². The molecular weight excluding hydrogens is 394 g/mol. The lowest BCUT2D eigenvalue weighted by Gasteiger charge is -2.30. The number of rotatable bonds is 8. The minimum absolute atomic E-state index is 0.0250. The van der Waals surface area contributed by atoms with Crippen molar-refractivity contribution < 1.29 is 19.1 Å². The van der Waals surface area contributed by atoms with Crippen molar-refractivity contribution in [1.29, 1.82) is 0 Å². The molecule has 0 radical (unpaired) electrons. The van der Waals surface area contributed by atoms with Crippen LogP contribution in [0.25, 0.3) is 0 Å². The Bertz CT molecular complexity index is 847. The van der Waals surface area contributed by atoms with Gasteiger partial charge in [-0.25, -0.2) is 0 Å². The fourth-order valence-electron chi connectivity index (χ4n) is 3.05. The molecule has 3 rings (SSSR count). The van der Waals surface area contributed by atoms with Crippen LogP contribution in [0.4, 0.5) is 0 Å². The van der Waals surface area contributed by atoms with Crippen molar-refractivity contribution in [3.8, 4) is 11.5 Å². The van der Waals surface area contributed by atoms with E-state index in [0.717, 1.165) is 5.75 Å². The van der Waals surface area contributed by atoms with Crippen LogP contribution in [0, 0.1) is 5.92 Å². The summed E-state index contributed by atoms with van der Waals surface area (Å²) in [6.07, 6.45) is 1.26. The van der Waals surface area contributed by atoms with Crippen molar-refractivity contribution in [2.24, 2.45) is 18.7 Å². The van der Waals surface area contributed by atoms with E-state index in [1.165, 1.54) is 11.8 Å². The molecule has 1 aromatic heterocycles. The van der Waals surface area contributed by atoms with Gasteiger partial charge in [-0.05, 0) is 37.1 Å². The topological polar surface area (TPSA) is 113 Å². The van der Waals surface area contributed by atoms with E-state index in [-0.39, 0.29) is 30.1 Å². The molecule has 0 aliphatic carbocycles. The normalized spacial score (nSPS) is 14.6. The van der Waals surface area contributed by atoms with Crippen LogP contribution in [0.15, 0.2) is 29.4 Å². The van der Waals surface area contributed by atoms with E-state index in [1.807, 2.05) is 35.9 Å². The summed E-state index contributed by atoms with van der Waals surface area (Å²) in [6, 6.07) is 7.30. The molecule has 0 spiro atoms. The maximum Gasteiger partial charge on any atom is 0.233 e. The van der Waals surface area contributed by atoms with Gasteiger partial charge in [-0.3, -0.25) is 9.59 Å². The number of hydrogen-bond acceptors (Lipinski definition) is 7. The van der Waals surface area contributed by atoms with E-state index >= 15 is 0 Å². The lowest BCUT2D eigenvalue weighted by atomic mass is 9.96. The van der Waals surface area contributed by atoms with Crippen LogP contribution in [-0.2, 0) is 23.2 Å². The molecule has 1 aromatic carbocycles. The van der Waals surface area contributed by atoms with Gasteiger partial charge in [0.05, 0.1) is 12.9 Å².